The molecule has 18 heavy (non-hydrogen) atoms. The van der Waals surface area contributed by atoms with Crippen molar-refractivity contribution in [3.05, 3.63) is 47.5 Å². The zero-order chi connectivity index (χ0) is 13.1. The second-order valence-electron chi connectivity index (χ2n) is 3.54. The van der Waals surface area contributed by atoms with Gasteiger partial charge in [-0.2, -0.15) is 4.98 Å². The molecule has 0 fully saturated rings. The van der Waals surface area contributed by atoms with Gasteiger partial charge in [0.15, 0.2) is 5.69 Å². The number of nitrogens with zero attached hydrogens (tertiary/aromatic N) is 2. The first-order chi connectivity index (χ1) is 8.56. The lowest BCUT2D eigenvalue weighted by Crippen LogP contribution is -2.02. The summed E-state index contributed by atoms with van der Waals surface area (Å²) in [5.41, 5.74) is 0.301. The third kappa shape index (κ3) is 2.60. The smallest absolute Gasteiger partial charge is 0.354 e. The van der Waals surface area contributed by atoms with E-state index in [1.165, 1.54) is 18.3 Å². The molecule has 0 saturated heterocycles. The molecule has 0 aliphatic carbocycles. The SMILES string of the molecule is Cc1ccc(Oc2nccc(C(=O)O)n2)cc1F. The van der Waals surface area contributed by atoms with Crippen LogP contribution in [0.1, 0.15) is 16.1 Å². The van der Waals surface area contributed by atoms with Gasteiger partial charge in [0.2, 0.25) is 0 Å². The zero-order valence-corrected chi connectivity index (χ0v) is 9.42. The number of carboxylic acid groups (broad SMARTS) is 1. The van der Waals surface area contributed by atoms with Crippen LogP contribution < -0.4 is 4.74 Å². The van der Waals surface area contributed by atoms with Gasteiger partial charge in [-0.05, 0) is 24.6 Å². The third-order valence-corrected chi connectivity index (χ3v) is 2.21. The molecule has 1 aromatic heterocycles. The Bertz CT molecular complexity index is 602. The number of carboxylic acids is 1. The number of halogens is 1. The van der Waals surface area contributed by atoms with E-state index in [-0.39, 0.29) is 17.5 Å². The summed E-state index contributed by atoms with van der Waals surface area (Å²) in [6.45, 7) is 1.63. The molecule has 5 nitrogen and oxygen atoms in total. The van der Waals surface area contributed by atoms with Crippen molar-refractivity contribution in [2.24, 2.45) is 0 Å². The molecule has 0 bridgehead atoms. The van der Waals surface area contributed by atoms with E-state index in [9.17, 15) is 9.18 Å². The van der Waals surface area contributed by atoms with Crippen molar-refractivity contribution in [3.63, 3.8) is 0 Å². The Balaban J connectivity index is 2.25. The van der Waals surface area contributed by atoms with E-state index in [0.29, 0.717) is 5.56 Å². The summed E-state index contributed by atoms with van der Waals surface area (Å²) >= 11 is 0. The third-order valence-electron chi connectivity index (χ3n) is 2.21. The number of aromatic nitrogens is 2. The van der Waals surface area contributed by atoms with E-state index < -0.39 is 11.8 Å². The van der Waals surface area contributed by atoms with Gasteiger partial charge in [-0.25, -0.2) is 14.2 Å². The van der Waals surface area contributed by atoms with Crippen molar-refractivity contribution in [1.29, 1.82) is 0 Å². The minimum Gasteiger partial charge on any atom is -0.477 e. The molecule has 1 aromatic carbocycles. The normalized spacial score (nSPS) is 10.1. The molecule has 92 valence electrons. The fourth-order valence-corrected chi connectivity index (χ4v) is 1.25. The Morgan fingerprint density at radius 2 is 2.17 bits per heavy atom. The molecule has 0 amide bonds. The molecule has 0 atom stereocenters. The van der Waals surface area contributed by atoms with Crippen molar-refractivity contribution in [2.75, 3.05) is 0 Å². The first kappa shape index (κ1) is 12.0. The maximum atomic E-state index is 13.3. The Morgan fingerprint density at radius 1 is 1.39 bits per heavy atom. The predicted molar refractivity (Wildman–Crippen MR) is 60.2 cm³/mol. The van der Waals surface area contributed by atoms with Crippen LogP contribution in [-0.4, -0.2) is 21.0 Å². The Kier molecular flexibility index (Phi) is 3.18. The van der Waals surface area contributed by atoms with Crippen LogP contribution in [0.15, 0.2) is 30.5 Å². The van der Waals surface area contributed by atoms with Gasteiger partial charge in [0.05, 0.1) is 0 Å². The number of ether oxygens (including phenoxy) is 1. The number of aryl methyl sites for hydroxylation is 1. The lowest BCUT2D eigenvalue weighted by atomic mass is 10.2. The van der Waals surface area contributed by atoms with Crippen LogP contribution in [-0.2, 0) is 0 Å². The van der Waals surface area contributed by atoms with Gasteiger partial charge >= 0.3 is 12.0 Å². The summed E-state index contributed by atoms with van der Waals surface area (Å²) < 4.78 is 18.5. The molecule has 0 aliphatic rings. The largest absolute Gasteiger partial charge is 0.477 e. The molecule has 0 spiro atoms. The highest BCUT2D eigenvalue weighted by Gasteiger charge is 2.08. The van der Waals surface area contributed by atoms with Crippen molar-refractivity contribution < 1.29 is 19.0 Å². The van der Waals surface area contributed by atoms with E-state index in [2.05, 4.69) is 9.97 Å². The molecule has 1 N–H and O–H groups in total. The highest BCUT2D eigenvalue weighted by molar-refractivity contribution is 5.85. The first-order valence-electron chi connectivity index (χ1n) is 5.06. The standard InChI is InChI=1S/C12H9FN2O3/c1-7-2-3-8(6-9(7)13)18-12-14-5-4-10(15-12)11(16)17/h2-6H,1H3,(H,16,17). The summed E-state index contributed by atoms with van der Waals surface area (Å²) in [5.74, 6) is -1.39. The number of aromatic carboxylic acids is 1. The highest BCUT2D eigenvalue weighted by Crippen LogP contribution is 2.20. The number of carbonyl (C=O) groups is 1. The quantitative estimate of drug-likeness (QED) is 0.902. The van der Waals surface area contributed by atoms with Crippen molar-refractivity contribution in [2.45, 2.75) is 6.92 Å². The van der Waals surface area contributed by atoms with Gasteiger partial charge in [-0.3, -0.25) is 0 Å². The molecular formula is C12H9FN2O3. The minimum absolute atomic E-state index is 0.141. The summed E-state index contributed by atoms with van der Waals surface area (Å²) in [5, 5.41) is 8.75. The van der Waals surface area contributed by atoms with Crippen LogP contribution in [0.3, 0.4) is 0 Å². The van der Waals surface area contributed by atoms with Crippen LogP contribution in [0.4, 0.5) is 4.39 Å². The first-order valence-corrected chi connectivity index (χ1v) is 5.06. The van der Waals surface area contributed by atoms with Crippen LogP contribution in [0.2, 0.25) is 0 Å². The Hall–Kier alpha value is -2.50. The molecular weight excluding hydrogens is 239 g/mol. The number of rotatable bonds is 3. The van der Waals surface area contributed by atoms with Gasteiger partial charge in [-0.1, -0.05) is 6.07 Å². The molecule has 0 radical (unpaired) electrons. The van der Waals surface area contributed by atoms with Gasteiger partial charge in [0.1, 0.15) is 11.6 Å². The average molecular weight is 248 g/mol. The van der Waals surface area contributed by atoms with E-state index in [4.69, 9.17) is 9.84 Å². The molecule has 6 heteroatoms. The maximum absolute atomic E-state index is 13.3. The van der Waals surface area contributed by atoms with Crippen molar-refractivity contribution in [3.8, 4) is 11.8 Å². The van der Waals surface area contributed by atoms with Crippen molar-refractivity contribution >= 4 is 5.97 Å². The minimum atomic E-state index is -1.18. The fourth-order valence-electron chi connectivity index (χ4n) is 1.25. The molecule has 0 unspecified atom stereocenters. The van der Waals surface area contributed by atoms with Crippen LogP contribution in [0.25, 0.3) is 0 Å². The predicted octanol–water partition coefficient (Wildman–Crippen LogP) is 2.41. The molecule has 0 saturated carbocycles. The summed E-state index contributed by atoms with van der Waals surface area (Å²) in [4.78, 5) is 18.1. The Morgan fingerprint density at radius 3 is 2.83 bits per heavy atom. The zero-order valence-electron chi connectivity index (χ0n) is 9.42. The molecule has 2 rings (SSSR count). The Labute approximate surface area is 102 Å². The van der Waals surface area contributed by atoms with Crippen LogP contribution >= 0.6 is 0 Å². The van der Waals surface area contributed by atoms with E-state index in [1.54, 1.807) is 19.1 Å². The summed E-state index contributed by atoms with van der Waals surface area (Å²) in [7, 11) is 0. The summed E-state index contributed by atoms with van der Waals surface area (Å²) in [6, 6.07) is 5.39. The van der Waals surface area contributed by atoms with Crippen LogP contribution in [0.5, 0.6) is 11.8 Å². The summed E-state index contributed by atoms with van der Waals surface area (Å²) in [6.07, 6.45) is 1.26. The van der Waals surface area contributed by atoms with Gasteiger partial charge in [-0.15, -0.1) is 0 Å². The van der Waals surface area contributed by atoms with Crippen molar-refractivity contribution in [1.82, 2.24) is 9.97 Å². The van der Waals surface area contributed by atoms with E-state index in [0.717, 1.165) is 0 Å². The maximum Gasteiger partial charge on any atom is 0.354 e. The molecule has 0 aliphatic heterocycles. The van der Waals surface area contributed by atoms with Gasteiger partial charge in [0.25, 0.3) is 0 Å². The second-order valence-corrected chi connectivity index (χ2v) is 3.54. The average Bonchev–Trinajstić information content (AvgIpc) is 2.34. The highest BCUT2D eigenvalue weighted by atomic mass is 19.1. The van der Waals surface area contributed by atoms with E-state index >= 15 is 0 Å². The second kappa shape index (κ2) is 4.79. The lowest BCUT2D eigenvalue weighted by molar-refractivity contribution is 0.0689. The monoisotopic (exact) mass is 248 g/mol. The molecule has 2 aromatic rings. The van der Waals surface area contributed by atoms with E-state index in [1.807, 2.05) is 0 Å². The van der Waals surface area contributed by atoms with Gasteiger partial charge < -0.3 is 9.84 Å². The van der Waals surface area contributed by atoms with Crippen LogP contribution in [0, 0.1) is 12.7 Å². The number of benzene rings is 1. The topological polar surface area (TPSA) is 72.3 Å². The number of hydrogen-bond acceptors (Lipinski definition) is 4. The molecule has 1 heterocycles. The fraction of sp³-hybridized carbons (Fsp3) is 0.0833. The lowest BCUT2D eigenvalue weighted by Gasteiger charge is -2.05. The number of hydrogen-bond donors (Lipinski definition) is 1. The van der Waals surface area contributed by atoms with Gasteiger partial charge in [0, 0.05) is 12.3 Å².